The van der Waals surface area contributed by atoms with Crippen LogP contribution >= 0.6 is 0 Å². The van der Waals surface area contributed by atoms with E-state index in [9.17, 15) is 14.0 Å². The Hall–Kier alpha value is -3.48. The molecule has 0 aliphatic carbocycles. The minimum atomic E-state index is -0.519. The first-order valence-corrected chi connectivity index (χ1v) is 9.24. The van der Waals surface area contributed by atoms with E-state index in [-0.39, 0.29) is 25.1 Å². The Balaban J connectivity index is 1.56. The number of hydrogen-bond donors (Lipinski definition) is 2. The summed E-state index contributed by atoms with van der Waals surface area (Å²) in [7, 11) is 0. The van der Waals surface area contributed by atoms with Crippen molar-refractivity contribution in [3.63, 3.8) is 0 Å². The molecule has 6 nitrogen and oxygen atoms in total. The zero-order chi connectivity index (χ0) is 20.8. The van der Waals surface area contributed by atoms with Crippen LogP contribution < -0.4 is 5.32 Å². The summed E-state index contributed by atoms with van der Waals surface area (Å²) in [6.07, 6.45) is 0.0285. The molecular formula is C22H22FN3O3. The Bertz CT molecular complexity index is 996. The number of amides is 1. The molecule has 2 N–H and O–H groups in total. The number of hydrogen-bond acceptors (Lipinski definition) is 4. The third-order valence-electron chi connectivity index (χ3n) is 4.43. The van der Waals surface area contributed by atoms with Crippen molar-refractivity contribution in [3.05, 3.63) is 76.9 Å². The predicted molar refractivity (Wildman–Crippen MR) is 107 cm³/mol. The fourth-order valence-corrected chi connectivity index (χ4v) is 3.03. The molecular weight excluding hydrogens is 373 g/mol. The molecule has 0 atom stereocenters. The number of H-pyrrole nitrogens is 1. The van der Waals surface area contributed by atoms with E-state index >= 15 is 0 Å². The average molecular weight is 395 g/mol. The summed E-state index contributed by atoms with van der Waals surface area (Å²) in [5, 5.41) is 9.58. The summed E-state index contributed by atoms with van der Waals surface area (Å²) >= 11 is 0. The Kier molecular flexibility index (Phi) is 6.39. The lowest BCUT2D eigenvalue weighted by Crippen LogP contribution is -2.26. The van der Waals surface area contributed by atoms with Crippen LogP contribution in [0.5, 0.6) is 0 Å². The molecule has 7 heteroatoms. The molecule has 0 aliphatic rings. The predicted octanol–water partition coefficient (Wildman–Crippen LogP) is 3.70. The van der Waals surface area contributed by atoms with Gasteiger partial charge in [0, 0.05) is 23.4 Å². The highest BCUT2D eigenvalue weighted by atomic mass is 19.1. The third-order valence-corrected chi connectivity index (χ3v) is 4.43. The molecule has 150 valence electrons. The van der Waals surface area contributed by atoms with Crippen LogP contribution in [0.2, 0.25) is 0 Å². The number of aromatic nitrogens is 2. The fourth-order valence-electron chi connectivity index (χ4n) is 3.03. The molecule has 1 heterocycles. The maximum absolute atomic E-state index is 14.1. The van der Waals surface area contributed by atoms with Gasteiger partial charge in [0.2, 0.25) is 0 Å². The Labute approximate surface area is 168 Å². The second-order valence-electron chi connectivity index (χ2n) is 6.69. The summed E-state index contributed by atoms with van der Waals surface area (Å²) in [5.41, 5.74) is 3.92. The smallest absolute Gasteiger partial charge is 0.307 e. The first-order valence-electron chi connectivity index (χ1n) is 9.24. The highest BCUT2D eigenvalue weighted by Gasteiger charge is 2.15. The minimum Gasteiger partial charge on any atom is -0.461 e. The minimum absolute atomic E-state index is 0.0285. The second kappa shape index (κ2) is 9.14. The van der Waals surface area contributed by atoms with Gasteiger partial charge in [-0.3, -0.25) is 14.7 Å². The van der Waals surface area contributed by atoms with Crippen molar-refractivity contribution in [1.82, 2.24) is 15.5 Å². The van der Waals surface area contributed by atoms with E-state index < -0.39 is 17.7 Å². The highest BCUT2D eigenvalue weighted by molar-refractivity contribution is 5.95. The van der Waals surface area contributed by atoms with Crippen molar-refractivity contribution in [1.29, 1.82) is 0 Å². The van der Waals surface area contributed by atoms with Crippen LogP contribution in [0, 0.1) is 19.7 Å². The van der Waals surface area contributed by atoms with Crippen LogP contribution in [0.1, 0.15) is 33.7 Å². The number of halogens is 1. The first kappa shape index (κ1) is 20.3. The molecule has 0 bridgehead atoms. The van der Waals surface area contributed by atoms with E-state index in [0.29, 0.717) is 5.56 Å². The highest BCUT2D eigenvalue weighted by Crippen LogP contribution is 2.27. The second-order valence-corrected chi connectivity index (χ2v) is 6.69. The monoisotopic (exact) mass is 395 g/mol. The van der Waals surface area contributed by atoms with Crippen LogP contribution in [0.15, 0.2) is 48.5 Å². The SMILES string of the molecule is Cc1n[nH]c(C)c1-c1cc(F)cc(C(=O)NCCC(=O)OCc2ccccc2)c1. The van der Waals surface area contributed by atoms with Crippen LogP contribution in [-0.4, -0.2) is 28.6 Å². The van der Waals surface area contributed by atoms with Crippen LogP contribution in [-0.2, 0) is 16.1 Å². The van der Waals surface area contributed by atoms with Crippen LogP contribution in [0.3, 0.4) is 0 Å². The Morgan fingerprint density at radius 3 is 2.59 bits per heavy atom. The maximum Gasteiger partial charge on any atom is 0.307 e. The topological polar surface area (TPSA) is 84.1 Å². The lowest BCUT2D eigenvalue weighted by Gasteiger charge is -2.09. The fraction of sp³-hybridized carbons (Fsp3) is 0.227. The Morgan fingerprint density at radius 2 is 1.90 bits per heavy atom. The number of ether oxygens (including phenoxy) is 1. The zero-order valence-electron chi connectivity index (χ0n) is 16.3. The van der Waals surface area contributed by atoms with E-state index in [1.165, 1.54) is 6.07 Å². The number of benzene rings is 2. The lowest BCUT2D eigenvalue weighted by molar-refractivity contribution is -0.144. The van der Waals surface area contributed by atoms with Gasteiger partial charge < -0.3 is 10.1 Å². The van der Waals surface area contributed by atoms with E-state index in [2.05, 4.69) is 15.5 Å². The van der Waals surface area contributed by atoms with Gasteiger partial charge in [-0.2, -0.15) is 5.10 Å². The number of rotatable bonds is 7. The molecule has 0 saturated carbocycles. The molecule has 2 aromatic carbocycles. The van der Waals surface area contributed by atoms with Gasteiger partial charge in [-0.05, 0) is 43.2 Å². The van der Waals surface area contributed by atoms with E-state index in [4.69, 9.17) is 4.74 Å². The summed E-state index contributed by atoms with van der Waals surface area (Å²) in [6, 6.07) is 13.5. The molecule has 1 aromatic heterocycles. The van der Waals surface area contributed by atoms with Crippen molar-refractivity contribution < 1.29 is 18.7 Å². The van der Waals surface area contributed by atoms with Crippen LogP contribution in [0.25, 0.3) is 11.1 Å². The van der Waals surface area contributed by atoms with E-state index in [1.54, 1.807) is 6.07 Å². The van der Waals surface area contributed by atoms with Crippen molar-refractivity contribution in [2.75, 3.05) is 6.54 Å². The molecule has 29 heavy (non-hydrogen) atoms. The quantitative estimate of drug-likeness (QED) is 0.598. The third kappa shape index (κ3) is 5.28. The standard InChI is InChI=1S/C22H22FN3O3/c1-14-21(15(2)26-25-14)17-10-18(12-19(23)11-17)22(28)24-9-8-20(27)29-13-16-6-4-3-5-7-16/h3-7,10-12H,8-9,13H2,1-2H3,(H,24,28)(H,25,26). The number of aromatic amines is 1. The molecule has 0 aliphatic heterocycles. The maximum atomic E-state index is 14.1. The molecule has 0 unspecified atom stereocenters. The zero-order valence-corrected chi connectivity index (χ0v) is 16.3. The number of carbonyl (C=O) groups excluding carboxylic acids is 2. The summed E-state index contributed by atoms with van der Waals surface area (Å²) in [6.45, 7) is 3.93. The molecule has 1 amide bonds. The van der Waals surface area contributed by atoms with Gasteiger partial charge in [0.1, 0.15) is 12.4 Å². The van der Waals surface area contributed by atoms with E-state index in [0.717, 1.165) is 28.6 Å². The number of nitrogens with zero attached hydrogens (tertiary/aromatic N) is 1. The molecule has 3 rings (SSSR count). The first-order chi connectivity index (χ1) is 13.9. The number of nitrogens with one attached hydrogen (secondary N) is 2. The average Bonchev–Trinajstić information content (AvgIpc) is 3.04. The largest absolute Gasteiger partial charge is 0.461 e. The van der Waals surface area contributed by atoms with Gasteiger partial charge in [-0.15, -0.1) is 0 Å². The molecule has 0 saturated heterocycles. The number of esters is 1. The van der Waals surface area contributed by atoms with Gasteiger partial charge in [-0.25, -0.2) is 4.39 Å². The van der Waals surface area contributed by atoms with Gasteiger partial charge in [0.05, 0.1) is 12.1 Å². The van der Waals surface area contributed by atoms with Crippen molar-refractivity contribution in [2.45, 2.75) is 26.9 Å². The van der Waals surface area contributed by atoms with Crippen molar-refractivity contribution >= 4 is 11.9 Å². The molecule has 0 spiro atoms. The molecule has 3 aromatic rings. The summed E-state index contributed by atoms with van der Waals surface area (Å²) in [5.74, 6) is -1.39. The van der Waals surface area contributed by atoms with Gasteiger partial charge in [0.25, 0.3) is 5.91 Å². The van der Waals surface area contributed by atoms with Crippen molar-refractivity contribution in [2.24, 2.45) is 0 Å². The van der Waals surface area contributed by atoms with Crippen molar-refractivity contribution in [3.8, 4) is 11.1 Å². The van der Waals surface area contributed by atoms with Gasteiger partial charge >= 0.3 is 5.97 Å². The van der Waals surface area contributed by atoms with Crippen LogP contribution in [0.4, 0.5) is 4.39 Å². The Morgan fingerprint density at radius 1 is 1.14 bits per heavy atom. The molecule has 0 radical (unpaired) electrons. The van der Waals surface area contributed by atoms with Gasteiger partial charge in [0.15, 0.2) is 0 Å². The molecule has 0 fully saturated rings. The number of carbonyl (C=O) groups is 2. The number of aryl methyl sites for hydroxylation is 2. The summed E-state index contributed by atoms with van der Waals surface area (Å²) in [4.78, 5) is 24.2. The normalized spacial score (nSPS) is 10.6. The van der Waals surface area contributed by atoms with E-state index in [1.807, 2.05) is 44.2 Å². The van der Waals surface area contributed by atoms with Gasteiger partial charge in [-0.1, -0.05) is 30.3 Å². The summed E-state index contributed by atoms with van der Waals surface area (Å²) < 4.78 is 19.2. The lowest BCUT2D eigenvalue weighted by atomic mass is 10.0.